The van der Waals surface area contributed by atoms with Crippen molar-refractivity contribution < 1.29 is 9.13 Å². The van der Waals surface area contributed by atoms with Gasteiger partial charge in [0.1, 0.15) is 23.7 Å². The van der Waals surface area contributed by atoms with E-state index in [1.54, 1.807) is 12.4 Å². The summed E-state index contributed by atoms with van der Waals surface area (Å²) >= 11 is 0. The van der Waals surface area contributed by atoms with E-state index < -0.39 is 0 Å². The number of halogens is 1. The Morgan fingerprint density at radius 3 is 2.83 bits per heavy atom. The molecule has 1 saturated carbocycles. The second-order valence-electron chi connectivity index (χ2n) is 7.96. The Hall–Kier alpha value is -3.35. The van der Waals surface area contributed by atoms with Crippen molar-refractivity contribution in [3.63, 3.8) is 0 Å². The summed E-state index contributed by atoms with van der Waals surface area (Å²) in [4.78, 5) is 9.28. The van der Waals surface area contributed by atoms with Crippen LogP contribution in [0.4, 0.5) is 4.39 Å². The normalized spacial score (nSPS) is 15.4. The maximum atomic E-state index is 14.5. The van der Waals surface area contributed by atoms with Crippen molar-refractivity contribution in [2.45, 2.75) is 38.0 Å². The highest BCUT2D eigenvalue weighted by atomic mass is 19.1. The third-order valence-electron chi connectivity index (χ3n) is 6.04. The van der Waals surface area contributed by atoms with E-state index in [9.17, 15) is 4.39 Å². The van der Waals surface area contributed by atoms with Crippen LogP contribution in [0.15, 0.2) is 43.0 Å². The van der Waals surface area contributed by atoms with Crippen LogP contribution in [0.1, 0.15) is 41.4 Å². The van der Waals surface area contributed by atoms with Gasteiger partial charge in [0.2, 0.25) is 0 Å². The number of ether oxygens (including phenoxy) is 1. The first-order valence-corrected chi connectivity index (χ1v) is 10.3. The zero-order valence-electron chi connectivity index (χ0n) is 16.4. The van der Waals surface area contributed by atoms with E-state index in [0.29, 0.717) is 25.4 Å². The first kappa shape index (κ1) is 17.5. The van der Waals surface area contributed by atoms with Crippen molar-refractivity contribution >= 4 is 5.65 Å². The van der Waals surface area contributed by atoms with Crippen LogP contribution >= 0.6 is 0 Å². The van der Waals surface area contributed by atoms with Crippen molar-refractivity contribution in [3.8, 4) is 16.9 Å². The predicted molar refractivity (Wildman–Crippen MR) is 109 cm³/mol. The van der Waals surface area contributed by atoms with Gasteiger partial charge >= 0.3 is 0 Å². The topological polar surface area (TPSA) is 65.2 Å². The fourth-order valence-electron chi connectivity index (χ4n) is 4.26. The summed E-state index contributed by atoms with van der Waals surface area (Å²) in [6, 6.07) is 7.38. The lowest BCUT2D eigenvalue weighted by Crippen LogP contribution is -2.06. The highest BCUT2D eigenvalue weighted by Crippen LogP contribution is 2.39. The molecule has 0 spiro atoms. The van der Waals surface area contributed by atoms with E-state index in [1.807, 2.05) is 16.8 Å². The number of hydrogen-bond donors (Lipinski definition) is 0. The van der Waals surface area contributed by atoms with Crippen molar-refractivity contribution in [2.75, 3.05) is 6.61 Å². The van der Waals surface area contributed by atoms with E-state index in [2.05, 4.69) is 32.3 Å². The summed E-state index contributed by atoms with van der Waals surface area (Å²) in [6.07, 6.45) is 9.73. The summed E-state index contributed by atoms with van der Waals surface area (Å²) in [5.74, 6) is 2.04. The maximum Gasteiger partial charge on any atom is 0.171 e. The molecule has 0 unspecified atom stereocenters. The number of pyridine rings is 1. The van der Waals surface area contributed by atoms with Gasteiger partial charge in [0, 0.05) is 53.5 Å². The highest BCUT2D eigenvalue weighted by molar-refractivity contribution is 5.76. The summed E-state index contributed by atoms with van der Waals surface area (Å²) in [5, 5.41) is 8.40. The number of aromatic nitrogens is 5. The predicted octanol–water partition coefficient (Wildman–Crippen LogP) is 3.92. The second kappa shape index (κ2) is 6.86. The Morgan fingerprint density at radius 1 is 1.07 bits per heavy atom. The Bertz CT molecular complexity index is 1250. The van der Waals surface area contributed by atoms with Gasteiger partial charge in [-0.05, 0) is 43.0 Å². The molecule has 6 nitrogen and oxygen atoms in total. The summed E-state index contributed by atoms with van der Waals surface area (Å²) < 4.78 is 21.9. The van der Waals surface area contributed by atoms with Gasteiger partial charge < -0.3 is 4.74 Å². The van der Waals surface area contributed by atoms with Gasteiger partial charge in [0.15, 0.2) is 5.65 Å². The third kappa shape index (κ3) is 2.93. The van der Waals surface area contributed by atoms with Crippen molar-refractivity contribution in [1.82, 2.24) is 24.6 Å². The quantitative estimate of drug-likeness (QED) is 0.507. The van der Waals surface area contributed by atoms with Crippen molar-refractivity contribution in [3.05, 3.63) is 71.4 Å². The highest BCUT2D eigenvalue weighted by Gasteiger charge is 2.25. The van der Waals surface area contributed by atoms with Gasteiger partial charge in [-0.1, -0.05) is 6.07 Å². The fraction of sp³-hybridized carbons (Fsp3) is 0.304. The van der Waals surface area contributed by atoms with Crippen LogP contribution in [0.25, 0.3) is 16.8 Å². The largest absolute Gasteiger partial charge is 0.493 e. The summed E-state index contributed by atoms with van der Waals surface area (Å²) in [6.45, 7) is 0.613. The molecule has 150 valence electrons. The first-order valence-electron chi connectivity index (χ1n) is 10.3. The number of aryl methyl sites for hydroxylation is 1. The van der Waals surface area contributed by atoms with Crippen LogP contribution in [0.3, 0.4) is 0 Å². The first-order chi connectivity index (χ1) is 14.8. The minimum atomic E-state index is -0.183. The Labute approximate surface area is 172 Å². The molecule has 0 saturated heterocycles. The SMILES string of the molecule is Fc1ccc2c(c1CCc1ncc(-c3ccc(C4CC4)nc3)c3nncn13)CCO2. The molecule has 1 fully saturated rings. The molecular formula is C23H20FN5O. The van der Waals surface area contributed by atoms with Crippen LogP contribution in [-0.2, 0) is 19.3 Å². The zero-order chi connectivity index (χ0) is 20.1. The molecule has 6 rings (SSSR count). The molecule has 30 heavy (non-hydrogen) atoms. The van der Waals surface area contributed by atoms with E-state index in [0.717, 1.165) is 51.6 Å². The van der Waals surface area contributed by atoms with Gasteiger partial charge in [-0.25, -0.2) is 9.37 Å². The van der Waals surface area contributed by atoms with Gasteiger partial charge in [0.25, 0.3) is 0 Å². The number of fused-ring (bicyclic) bond motifs is 2. The molecule has 0 bridgehead atoms. The second-order valence-corrected chi connectivity index (χ2v) is 7.96. The maximum absolute atomic E-state index is 14.5. The zero-order valence-corrected chi connectivity index (χ0v) is 16.4. The lowest BCUT2D eigenvalue weighted by molar-refractivity contribution is 0.356. The third-order valence-corrected chi connectivity index (χ3v) is 6.04. The molecule has 4 aromatic rings. The smallest absolute Gasteiger partial charge is 0.171 e. The molecule has 2 aliphatic rings. The van der Waals surface area contributed by atoms with Gasteiger partial charge in [-0.2, -0.15) is 0 Å². The molecule has 4 heterocycles. The minimum Gasteiger partial charge on any atom is -0.493 e. The molecular weight excluding hydrogens is 381 g/mol. The monoisotopic (exact) mass is 401 g/mol. The molecule has 0 amide bonds. The molecule has 7 heteroatoms. The molecule has 0 radical (unpaired) electrons. The van der Waals surface area contributed by atoms with E-state index in [-0.39, 0.29) is 5.82 Å². The van der Waals surface area contributed by atoms with Crippen LogP contribution < -0.4 is 4.74 Å². The standard InChI is InChI=1S/C23H20FN5O/c24-19-5-7-21-17(9-10-30-21)16(19)4-8-22-26-12-18(23-28-27-13-29(22)23)15-3-6-20(25-11-15)14-1-2-14/h3,5-7,11-14H,1-2,4,8-10H2. The molecule has 1 aromatic carbocycles. The van der Waals surface area contributed by atoms with Crippen LogP contribution in [0, 0.1) is 5.82 Å². The number of hydrogen-bond acceptors (Lipinski definition) is 5. The van der Waals surface area contributed by atoms with Crippen LogP contribution in [0.2, 0.25) is 0 Å². The molecule has 1 aliphatic carbocycles. The lowest BCUT2D eigenvalue weighted by Gasteiger charge is -2.11. The molecule has 3 aromatic heterocycles. The van der Waals surface area contributed by atoms with Gasteiger partial charge in [-0.15, -0.1) is 10.2 Å². The fourth-order valence-corrected chi connectivity index (χ4v) is 4.26. The molecule has 1 aliphatic heterocycles. The molecule has 0 atom stereocenters. The Balaban J connectivity index is 1.31. The van der Waals surface area contributed by atoms with E-state index >= 15 is 0 Å². The Morgan fingerprint density at radius 2 is 2.00 bits per heavy atom. The summed E-state index contributed by atoms with van der Waals surface area (Å²) in [7, 11) is 0. The van der Waals surface area contributed by atoms with Crippen molar-refractivity contribution in [1.29, 1.82) is 0 Å². The van der Waals surface area contributed by atoms with Gasteiger partial charge in [0.05, 0.1) is 6.61 Å². The average molecular weight is 401 g/mol. The number of nitrogens with zero attached hydrogens (tertiary/aromatic N) is 5. The number of benzene rings is 1. The van der Waals surface area contributed by atoms with Crippen LogP contribution in [-0.4, -0.2) is 31.2 Å². The molecule has 0 N–H and O–H groups in total. The van der Waals surface area contributed by atoms with Crippen LogP contribution in [0.5, 0.6) is 5.75 Å². The minimum absolute atomic E-state index is 0.183. The van der Waals surface area contributed by atoms with E-state index in [1.165, 1.54) is 18.9 Å². The van der Waals surface area contributed by atoms with Gasteiger partial charge in [-0.3, -0.25) is 9.38 Å². The number of rotatable bonds is 5. The summed E-state index contributed by atoms with van der Waals surface area (Å²) in [5.41, 5.74) is 5.46. The van der Waals surface area contributed by atoms with Crippen molar-refractivity contribution in [2.24, 2.45) is 0 Å². The Kier molecular flexibility index (Phi) is 4.00. The average Bonchev–Trinajstić information content (AvgIpc) is 3.30. The van der Waals surface area contributed by atoms with E-state index in [4.69, 9.17) is 4.74 Å². The lowest BCUT2D eigenvalue weighted by atomic mass is 10.00.